The van der Waals surface area contributed by atoms with E-state index in [4.69, 9.17) is 0 Å². The number of hydrogen-bond donors (Lipinski definition) is 1. The van der Waals surface area contributed by atoms with Gasteiger partial charge in [-0.3, -0.25) is 4.79 Å². The molecule has 21 heavy (non-hydrogen) atoms. The van der Waals surface area contributed by atoms with Crippen molar-refractivity contribution in [2.24, 2.45) is 0 Å². The number of nitrogens with one attached hydrogen (secondary N) is 1. The van der Waals surface area contributed by atoms with Crippen molar-refractivity contribution in [3.8, 4) is 0 Å². The molecule has 1 heterocycles. The number of hydrogen-bond acceptors (Lipinski definition) is 3. The van der Waals surface area contributed by atoms with E-state index in [1.807, 2.05) is 56.9 Å². The lowest BCUT2D eigenvalue weighted by atomic mass is 10.1. The summed E-state index contributed by atoms with van der Waals surface area (Å²) in [5.41, 5.74) is 0.669. The van der Waals surface area contributed by atoms with Gasteiger partial charge in [-0.05, 0) is 33.1 Å². The van der Waals surface area contributed by atoms with E-state index in [9.17, 15) is 4.79 Å². The van der Waals surface area contributed by atoms with Gasteiger partial charge in [0, 0.05) is 30.7 Å². The Balaban J connectivity index is 2.55. The molecule has 0 aliphatic rings. The van der Waals surface area contributed by atoms with E-state index in [0.29, 0.717) is 12.1 Å². The number of benzene rings is 1. The number of fused-ring (bicyclic) bond motifs is 1. The van der Waals surface area contributed by atoms with Crippen LogP contribution in [0, 0.1) is 0 Å². The molecule has 2 aromatic rings. The summed E-state index contributed by atoms with van der Waals surface area (Å²) < 4.78 is 0. The monoisotopic (exact) mass is 285 g/mol. The van der Waals surface area contributed by atoms with Gasteiger partial charge in [0.1, 0.15) is 5.82 Å². The molecule has 0 unspecified atom stereocenters. The molecule has 0 bridgehead atoms. The Labute approximate surface area is 126 Å². The van der Waals surface area contributed by atoms with E-state index in [2.05, 4.69) is 10.3 Å². The van der Waals surface area contributed by atoms with Gasteiger partial charge in [0.15, 0.2) is 0 Å². The Morgan fingerprint density at radius 2 is 1.90 bits per heavy atom. The molecule has 1 N–H and O–H groups in total. The van der Waals surface area contributed by atoms with Crippen LogP contribution >= 0.6 is 0 Å². The van der Waals surface area contributed by atoms with E-state index in [1.165, 1.54) is 0 Å². The molecule has 0 aliphatic carbocycles. The molecule has 1 aromatic carbocycles. The van der Waals surface area contributed by atoms with Crippen LogP contribution in [0.4, 0.5) is 5.82 Å². The zero-order valence-corrected chi connectivity index (χ0v) is 13.2. The Kier molecular flexibility index (Phi) is 4.78. The first-order valence-electron chi connectivity index (χ1n) is 7.52. The number of aromatic nitrogens is 1. The highest BCUT2D eigenvalue weighted by Gasteiger charge is 2.20. The summed E-state index contributed by atoms with van der Waals surface area (Å²) in [6.07, 6.45) is 1.69. The van der Waals surface area contributed by atoms with Gasteiger partial charge < -0.3 is 10.2 Å². The smallest absolute Gasteiger partial charge is 0.256 e. The molecular formula is C17H23N3O. The molecule has 0 atom stereocenters. The Morgan fingerprint density at radius 1 is 1.24 bits per heavy atom. The summed E-state index contributed by atoms with van der Waals surface area (Å²) in [5.74, 6) is 0.872. The molecule has 4 heteroatoms. The number of nitrogens with zero attached hydrogens (tertiary/aromatic N) is 2. The van der Waals surface area contributed by atoms with Gasteiger partial charge >= 0.3 is 0 Å². The third-order valence-corrected chi connectivity index (χ3v) is 3.59. The number of rotatable bonds is 5. The Morgan fingerprint density at radius 3 is 2.48 bits per heavy atom. The summed E-state index contributed by atoms with van der Waals surface area (Å²) in [6.45, 7) is 9.60. The molecule has 0 spiro atoms. The molecule has 1 amide bonds. The highest BCUT2D eigenvalue weighted by atomic mass is 16.2. The molecule has 0 aliphatic heterocycles. The Hall–Kier alpha value is -2.10. The van der Waals surface area contributed by atoms with Gasteiger partial charge in [-0.25, -0.2) is 4.98 Å². The maximum absolute atomic E-state index is 12.8. The normalized spacial score (nSPS) is 10.9. The van der Waals surface area contributed by atoms with Crippen LogP contribution in [0.15, 0.2) is 30.5 Å². The fourth-order valence-electron chi connectivity index (χ4n) is 2.57. The number of carbonyl (C=O) groups excluding carboxylic acids is 1. The van der Waals surface area contributed by atoms with Gasteiger partial charge in [-0.1, -0.05) is 24.3 Å². The first kappa shape index (κ1) is 15.3. The van der Waals surface area contributed by atoms with Crippen molar-refractivity contribution in [1.29, 1.82) is 0 Å². The van der Waals surface area contributed by atoms with Crippen LogP contribution in [0.2, 0.25) is 0 Å². The average molecular weight is 285 g/mol. The molecule has 0 radical (unpaired) electrons. The summed E-state index contributed by atoms with van der Waals surface area (Å²) in [7, 11) is 0. The summed E-state index contributed by atoms with van der Waals surface area (Å²) in [5, 5.41) is 5.19. The van der Waals surface area contributed by atoms with E-state index in [0.717, 1.165) is 23.1 Å². The Bertz CT molecular complexity index is 637. The highest BCUT2D eigenvalue weighted by molar-refractivity contribution is 6.09. The molecule has 2 rings (SSSR count). The third-order valence-electron chi connectivity index (χ3n) is 3.59. The van der Waals surface area contributed by atoms with E-state index >= 15 is 0 Å². The van der Waals surface area contributed by atoms with Gasteiger partial charge in [0.2, 0.25) is 0 Å². The van der Waals surface area contributed by atoms with Crippen molar-refractivity contribution in [2.75, 3.05) is 18.4 Å². The molecule has 0 saturated carbocycles. The van der Waals surface area contributed by atoms with Gasteiger partial charge in [-0.2, -0.15) is 0 Å². The fraction of sp³-hybridized carbons (Fsp3) is 0.412. The minimum absolute atomic E-state index is 0.0410. The summed E-state index contributed by atoms with van der Waals surface area (Å²) in [4.78, 5) is 19.1. The SMILES string of the molecule is CCNc1ncc(C(=O)N(CC)C(C)C)c2ccccc12. The van der Waals surface area contributed by atoms with Crippen LogP contribution in [0.1, 0.15) is 38.1 Å². The second kappa shape index (κ2) is 6.57. The molecule has 112 valence electrons. The number of anilines is 1. The van der Waals surface area contributed by atoms with Crippen molar-refractivity contribution < 1.29 is 4.79 Å². The van der Waals surface area contributed by atoms with Crippen LogP contribution < -0.4 is 5.32 Å². The number of amides is 1. The highest BCUT2D eigenvalue weighted by Crippen LogP contribution is 2.25. The first-order valence-corrected chi connectivity index (χ1v) is 7.52. The van der Waals surface area contributed by atoms with Gasteiger partial charge in [0.05, 0.1) is 5.56 Å². The van der Waals surface area contributed by atoms with Crippen LogP contribution in [-0.2, 0) is 0 Å². The van der Waals surface area contributed by atoms with Crippen LogP contribution in [-0.4, -0.2) is 34.9 Å². The first-order chi connectivity index (χ1) is 10.1. The van der Waals surface area contributed by atoms with Crippen molar-refractivity contribution in [3.05, 3.63) is 36.0 Å². The largest absolute Gasteiger partial charge is 0.370 e. The van der Waals surface area contributed by atoms with E-state index in [-0.39, 0.29) is 11.9 Å². The second-order valence-corrected chi connectivity index (χ2v) is 5.28. The third kappa shape index (κ3) is 2.99. The van der Waals surface area contributed by atoms with Crippen molar-refractivity contribution in [2.45, 2.75) is 33.7 Å². The standard InChI is InChI=1S/C17H23N3O/c1-5-18-16-14-10-8-7-9-13(14)15(11-19-16)17(21)20(6-2)12(3)4/h7-12H,5-6H2,1-4H3,(H,18,19). The van der Waals surface area contributed by atoms with Crippen LogP contribution in [0.5, 0.6) is 0 Å². The quantitative estimate of drug-likeness (QED) is 0.914. The molecule has 0 fully saturated rings. The van der Waals surface area contributed by atoms with E-state index in [1.54, 1.807) is 6.20 Å². The van der Waals surface area contributed by atoms with Crippen molar-refractivity contribution in [3.63, 3.8) is 0 Å². The minimum atomic E-state index is 0.0410. The number of pyridine rings is 1. The average Bonchev–Trinajstić information content (AvgIpc) is 2.48. The molecule has 0 saturated heterocycles. The second-order valence-electron chi connectivity index (χ2n) is 5.28. The molecule has 1 aromatic heterocycles. The minimum Gasteiger partial charge on any atom is -0.370 e. The lowest BCUT2D eigenvalue weighted by molar-refractivity contribution is 0.0718. The molecule has 4 nitrogen and oxygen atoms in total. The summed E-state index contributed by atoms with van der Waals surface area (Å²) >= 11 is 0. The zero-order valence-electron chi connectivity index (χ0n) is 13.2. The predicted octanol–water partition coefficient (Wildman–Crippen LogP) is 3.54. The lowest BCUT2D eigenvalue weighted by Gasteiger charge is -2.25. The maximum atomic E-state index is 12.8. The van der Waals surface area contributed by atoms with E-state index < -0.39 is 0 Å². The van der Waals surface area contributed by atoms with Crippen molar-refractivity contribution in [1.82, 2.24) is 9.88 Å². The molecular weight excluding hydrogens is 262 g/mol. The predicted molar refractivity (Wildman–Crippen MR) is 87.8 cm³/mol. The summed E-state index contributed by atoms with van der Waals surface area (Å²) in [6, 6.07) is 8.09. The fourth-order valence-corrected chi connectivity index (χ4v) is 2.57. The zero-order chi connectivity index (χ0) is 15.4. The maximum Gasteiger partial charge on any atom is 0.256 e. The number of carbonyl (C=O) groups is 1. The van der Waals surface area contributed by atoms with Gasteiger partial charge in [-0.15, -0.1) is 0 Å². The topological polar surface area (TPSA) is 45.2 Å². The van der Waals surface area contributed by atoms with Crippen LogP contribution in [0.25, 0.3) is 10.8 Å². The van der Waals surface area contributed by atoms with Crippen LogP contribution in [0.3, 0.4) is 0 Å². The lowest BCUT2D eigenvalue weighted by Crippen LogP contribution is -2.36. The van der Waals surface area contributed by atoms with Gasteiger partial charge in [0.25, 0.3) is 5.91 Å². The van der Waals surface area contributed by atoms with Crippen molar-refractivity contribution >= 4 is 22.5 Å².